The van der Waals surface area contributed by atoms with Gasteiger partial charge in [0.1, 0.15) is 0 Å². The van der Waals surface area contributed by atoms with Gasteiger partial charge in [0, 0.05) is 13.0 Å². The van der Waals surface area contributed by atoms with Crippen LogP contribution in [0.5, 0.6) is 0 Å². The van der Waals surface area contributed by atoms with Crippen molar-refractivity contribution in [1.29, 1.82) is 0 Å². The van der Waals surface area contributed by atoms with Crippen LogP contribution in [0.25, 0.3) is 0 Å². The molecule has 0 radical (unpaired) electrons. The number of allylic oxidation sites excluding steroid dienone is 2. The minimum absolute atomic E-state index is 0.0296. The molecule has 4 unspecified atom stereocenters. The third-order valence-electron chi connectivity index (χ3n) is 4.63. The highest BCUT2D eigenvalue weighted by molar-refractivity contribution is 5.18. The Morgan fingerprint density at radius 3 is 2.86 bits per heavy atom. The molecule has 0 amide bonds. The average Bonchev–Trinajstić information content (AvgIpc) is 2.43. The van der Waals surface area contributed by atoms with Gasteiger partial charge in [0.2, 0.25) is 0 Å². The maximum atomic E-state index is 10.1. The summed E-state index contributed by atoms with van der Waals surface area (Å²) in [5.41, 5.74) is 0.654. The van der Waals surface area contributed by atoms with E-state index in [-0.39, 0.29) is 6.10 Å². The van der Waals surface area contributed by atoms with E-state index in [2.05, 4.69) is 32.1 Å². The molecule has 0 aromatic heterocycles. The van der Waals surface area contributed by atoms with Gasteiger partial charge >= 0.3 is 0 Å². The Hall–Kier alpha value is -0.640. The second-order valence-electron chi connectivity index (χ2n) is 6.93. The zero-order valence-electron chi connectivity index (χ0n) is 13.7. The predicted molar refractivity (Wildman–Crippen MR) is 85.2 cm³/mol. The zero-order chi connectivity index (χ0) is 15.3. The molecule has 0 aliphatic carbocycles. The maximum absolute atomic E-state index is 10.1. The molecule has 0 spiro atoms. The van der Waals surface area contributed by atoms with Crippen molar-refractivity contribution < 1.29 is 14.6 Å². The van der Waals surface area contributed by atoms with Gasteiger partial charge in [-0.15, -0.1) is 0 Å². The molecular weight excluding hydrogens is 264 g/mol. The number of hydrogen-bond donors (Lipinski definition) is 1. The lowest BCUT2D eigenvalue weighted by molar-refractivity contribution is -0.0768. The summed E-state index contributed by atoms with van der Waals surface area (Å²) in [5, 5.41) is 10.1. The average molecular weight is 294 g/mol. The van der Waals surface area contributed by atoms with Crippen molar-refractivity contribution in [2.45, 2.75) is 70.7 Å². The number of hydrogen-bond acceptors (Lipinski definition) is 3. The van der Waals surface area contributed by atoms with Gasteiger partial charge in [-0.3, -0.25) is 0 Å². The normalized spacial score (nSPS) is 38.9. The van der Waals surface area contributed by atoms with E-state index in [9.17, 15) is 5.11 Å². The summed E-state index contributed by atoms with van der Waals surface area (Å²) in [7, 11) is 0. The Morgan fingerprint density at radius 1 is 1.33 bits per heavy atom. The molecule has 2 rings (SSSR count). The lowest BCUT2D eigenvalue weighted by Gasteiger charge is -2.32. The van der Waals surface area contributed by atoms with E-state index in [0.717, 1.165) is 19.4 Å². The molecule has 0 saturated carbocycles. The van der Waals surface area contributed by atoms with Crippen molar-refractivity contribution >= 4 is 0 Å². The Kier molecular flexibility index (Phi) is 6.03. The van der Waals surface area contributed by atoms with Crippen LogP contribution in [0.2, 0.25) is 0 Å². The smallest absolute Gasteiger partial charge is 0.0786 e. The molecule has 2 aliphatic heterocycles. The first-order valence-electron chi connectivity index (χ1n) is 8.27. The van der Waals surface area contributed by atoms with E-state index >= 15 is 0 Å². The SMILES string of the molecule is CC(/C=C/C1CC(C)(O)CCO1)=C\CC1OCCCC1C. The van der Waals surface area contributed by atoms with Crippen LogP contribution in [0.4, 0.5) is 0 Å². The van der Waals surface area contributed by atoms with E-state index in [1.54, 1.807) is 0 Å². The second-order valence-corrected chi connectivity index (χ2v) is 6.93. The van der Waals surface area contributed by atoms with Crippen LogP contribution in [0.15, 0.2) is 23.8 Å². The van der Waals surface area contributed by atoms with Crippen LogP contribution >= 0.6 is 0 Å². The van der Waals surface area contributed by atoms with Gasteiger partial charge in [-0.05, 0) is 45.4 Å². The molecule has 0 aromatic rings. The molecule has 2 aliphatic rings. The fourth-order valence-corrected chi connectivity index (χ4v) is 3.07. The van der Waals surface area contributed by atoms with E-state index < -0.39 is 5.60 Å². The van der Waals surface area contributed by atoms with Crippen molar-refractivity contribution in [1.82, 2.24) is 0 Å². The molecule has 2 saturated heterocycles. The van der Waals surface area contributed by atoms with Gasteiger partial charge < -0.3 is 14.6 Å². The van der Waals surface area contributed by atoms with E-state index in [0.29, 0.717) is 25.0 Å². The zero-order valence-corrected chi connectivity index (χ0v) is 13.7. The third kappa shape index (κ3) is 5.57. The van der Waals surface area contributed by atoms with Crippen LogP contribution in [-0.4, -0.2) is 36.1 Å². The molecule has 3 heteroatoms. The highest BCUT2D eigenvalue weighted by Gasteiger charge is 2.29. The molecule has 21 heavy (non-hydrogen) atoms. The number of rotatable bonds is 4. The Morgan fingerprint density at radius 2 is 2.14 bits per heavy atom. The standard InChI is InChI=1S/C18H30O3/c1-14(7-9-17-15(2)5-4-11-21-17)6-8-16-13-18(3,19)10-12-20-16/h6-8,15-17,19H,4-5,9-13H2,1-3H3/b8-6+,14-7+. The van der Waals surface area contributed by atoms with Crippen molar-refractivity contribution in [3.05, 3.63) is 23.8 Å². The van der Waals surface area contributed by atoms with Crippen LogP contribution in [0.1, 0.15) is 52.9 Å². The van der Waals surface area contributed by atoms with Gasteiger partial charge in [-0.2, -0.15) is 0 Å². The van der Waals surface area contributed by atoms with Crippen molar-refractivity contribution in [3.8, 4) is 0 Å². The van der Waals surface area contributed by atoms with Gasteiger partial charge in [0.25, 0.3) is 0 Å². The highest BCUT2D eigenvalue weighted by Crippen LogP contribution is 2.25. The lowest BCUT2D eigenvalue weighted by atomic mass is 9.92. The van der Waals surface area contributed by atoms with Gasteiger partial charge in [0.15, 0.2) is 0 Å². The Labute approximate surface area is 129 Å². The van der Waals surface area contributed by atoms with Crippen LogP contribution in [-0.2, 0) is 9.47 Å². The summed E-state index contributed by atoms with van der Waals surface area (Å²) >= 11 is 0. The maximum Gasteiger partial charge on any atom is 0.0786 e. The lowest BCUT2D eigenvalue weighted by Crippen LogP contribution is -2.37. The molecule has 1 N–H and O–H groups in total. The fourth-order valence-electron chi connectivity index (χ4n) is 3.07. The van der Waals surface area contributed by atoms with Crippen LogP contribution in [0.3, 0.4) is 0 Å². The first-order valence-corrected chi connectivity index (χ1v) is 8.27. The quantitative estimate of drug-likeness (QED) is 0.805. The molecule has 0 aromatic carbocycles. The molecule has 0 bridgehead atoms. The van der Waals surface area contributed by atoms with Crippen LogP contribution in [0, 0.1) is 5.92 Å². The van der Waals surface area contributed by atoms with Crippen LogP contribution < -0.4 is 0 Å². The second kappa shape index (κ2) is 7.57. The van der Waals surface area contributed by atoms with E-state index in [1.807, 2.05) is 6.92 Å². The van der Waals surface area contributed by atoms with E-state index in [4.69, 9.17) is 9.47 Å². The predicted octanol–water partition coefficient (Wildman–Crippen LogP) is 3.62. The summed E-state index contributed by atoms with van der Waals surface area (Å²) in [5.74, 6) is 0.656. The minimum Gasteiger partial charge on any atom is -0.390 e. The van der Waals surface area contributed by atoms with Crippen molar-refractivity contribution in [2.75, 3.05) is 13.2 Å². The first kappa shape index (κ1) is 16.7. The fraction of sp³-hybridized carbons (Fsp3) is 0.778. The number of aliphatic hydroxyl groups is 1. The molecule has 4 atom stereocenters. The first-order chi connectivity index (χ1) is 9.96. The van der Waals surface area contributed by atoms with Crippen molar-refractivity contribution in [2.24, 2.45) is 5.92 Å². The topological polar surface area (TPSA) is 38.7 Å². The Bertz CT molecular complexity index is 384. The monoisotopic (exact) mass is 294 g/mol. The number of ether oxygens (including phenoxy) is 2. The third-order valence-corrected chi connectivity index (χ3v) is 4.63. The summed E-state index contributed by atoms with van der Waals surface area (Å²) in [6.07, 6.45) is 11.7. The molecule has 120 valence electrons. The summed E-state index contributed by atoms with van der Waals surface area (Å²) in [6, 6.07) is 0. The van der Waals surface area contributed by atoms with Crippen molar-refractivity contribution in [3.63, 3.8) is 0 Å². The molecule has 2 heterocycles. The van der Waals surface area contributed by atoms with Gasteiger partial charge in [0.05, 0.1) is 24.4 Å². The van der Waals surface area contributed by atoms with E-state index in [1.165, 1.54) is 18.4 Å². The highest BCUT2D eigenvalue weighted by atomic mass is 16.5. The largest absolute Gasteiger partial charge is 0.390 e. The molecular formula is C18H30O3. The summed E-state index contributed by atoms with van der Waals surface area (Å²) in [4.78, 5) is 0. The molecule has 2 fully saturated rings. The summed E-state index contributed by atoms with van der Waals surface area (Å²) in [6.45, 7) is 7.83. The summed E-state index contributed by atoms with van der Waals surface area (Å²) < 4.78 is 11.5. The Balaban J connectivity index is 1.81. The van der Waals surface area contributed by atoms with Gasteiger partial charge in [-0.25, -0.2) is 0 Å². The minimum atomic E-state index is -0.587. The van der Waals surface area contributed by atoms with Gasteiger partial charge in [-0.1, -0.05) is 30.7 Å². The molecule has 3 nitrogen and oxygen atoms in total.